The van der Waals surface area contributed by atoms with Crippen molar-refractivity contribution in [2.45, 2.75) is 6.42 Å². The van der Waals surface area contributed by atoms with Crippen LogP contribution in [0.3, 0.4) is 0 Å². The lowest BCUT2D eigenvalue weighted by Crippen LogP contribution is -2.05. The van der Waals surface area contributed by atoms with Crippen molar-refractivity contribution < 1.29 is 13.6 Å². The molecule has 106 valence electrons. The summed E-state index contributed by atoms with van der Waals surface area (Å²) in [5.41, 5.74) is 1.30. The van der Waals surface area contributed by atoms with Crippen molar-refractivity contribution in [3.63, 3.8) is 0 Å². The topological polar surface area (TPSA) is 32.9 Å². The van der Waals surface area contributed by atoms with Crippen LogP contribution in [0.2, 0.25) is 5.02 Å². The number of H-pyrrole nitrogens is 1. The van der Waals surface area contributed by atoms with Crippen LogP contribution in [0.5, 0.6) is 0 Å². The summed E-state index contributed by atoms with van der Waals surface area (Å²) >= 11 is 6.11. The number of halogens is 3. The number of carbonyl (C=O) groups is 1. The quantitative estimate of drug-likeness (QED) is 0.709. The Hall–Kier alpha value is -2.20. The van der Waals surface area contributed by atoms with E-state index in [4.69, 9.17) is 11.6 Å². The fraction of sp³-hybridized carbons (Fsp3) is 0.0625. The second kappa shape index (κ2) is 5.30. The monoisotopic (exact) mass is 305 g/mol. The van der Waals surface area contributed by atoms with Crippen LogP contribution in [0.25, 0.3) is 10.9 Å². The highest BCUT2D eigenvalue weighted by Gasteiger charge is 2.16. The average Bonchev–Trinajstić information content (AvgIpc) is 2.87. The zero-order valence-corrected chi connectivity index (χ0v) is 11.5. The van der Waals surface area contributed by atoms with E-state index in [9.17, 15) is 13.6 Å². The van der Waals surface area contributed by atoms with E-state index in [-0.39, 0.29) is 17.8 Å². The molecule has 0 unspecified atom stereocenters. The highest BCUT2D eigenvalue weighted by Crippen LogP contribution is 2.27. The maximum absolute atomic E-state index is 13.6. The molecular formula is C16H10ClF2NO. The van der Waals surface area contributed by atoms with Crippen LogP contribution in [-0.4, -0.2) is 10.8 Å². The number of aromatic amines is 1. The van der Waals surface area contributed by atoms with E-state index >= 15 is 0 Å². The molecule has 0 fully saturated rings. The molecule has 3 aromatic rings. The van der Waals surface area contributed by atoms with Gasteiger partial charge >= 0.3 is 0 Å². The molecule has 21 heavy (non-hydrogen) atoms. The Labute approximate surface area is 124 Å². The SMILES string of the molecule is O=C(Cc1ccc(F)cc1F)c1c[nH]c2cccc(Cl)c12. The summed E-state index contributed by atoms with van der Waals surface area (Å²) in [5.74, 6) is -1.67. The number of Topliss-reactive ketones (excluding diaryl/α,β-unsaturated/α-hetero) is 1. The van der Waals surface area contributed by atoms with E-state index in [0.29, 0.717) is 16.0 Å². The van der Waals surface area contributed by atoms with E-state index in [2.05, 4.69) is 4.98 Å². The first-order valence-electron chi connectivity index (χ1n) is 6.29. The van der Waals surface area contributed by atoms with Crippen LogP contribution in [0, 0.1) is 11.6 Å². The number of rotatable bonds is 3. The second-order valence-electron chi connectivity index (χ2n) is 4.70. The summed E-state index contributed by atoms with van der Waals surface area (Å²) in [6.45, 7) is 0. The van der Waals surface area contributed by atoms with Gasteiger partial charge in [-0.15, -0.1) is 0 Å². The lowest BCUT2D eigenvalue weighted by Gasteiger charge is -2.03. The molecule has 0 aliphatic heterocycles. The van der Waals surface area contributed by atoms with Gasteiger partial charge in [0.25, 0.3) is 0 Å². The third kappa shape index (κ3) is 2.54. The average molecular weight is 306 g/mol. The highest BCUT2D eigenvalue weighted by atomic mass is 35.5. The fourth-order valence-electron chi connectivity index (χ4n) is 2.29. The third-order valence-electron chi connectivity index (χ3n) is 3.32. The molecule has 1 aromatic heterocycles. The van der Waals surface area contributed by atoms with Gasteiger partial charge in [-0.2, -0.15) is 0 Å². The molecule has 2 aromatic carbocycles. The molecule has 0 atom stereocenters. The first-order valence-corrected chi connectivity index (χ1v) is 6.67. The first kappa shape index (κ1) is 13.8. The van der Waals surface area contributed by atoms with Gasteiger partial charge in [0.2, 0.25) is 0 Å². The minimum absolute atomic E-state index is 0.149. The smallest absolute Gasteiger partial charge is 0.169 e. The van der Waals surface area contributed by atoms with Crippen LogP contribution < -0.4 is 0 Å². The van der Waals surface area contributed by atoms with E-state index in [1.165, 1.54) is 6.07 Å². The van der Waals surface area contributed by atoms with Crippen molar-refractivity contribution >= 4 is 28.3 Å². The predicted octanol–water partition coefficient (Wildman–Crippen LogP) is 4.52. The molecule has 0 aliphatic rings. The number of hydrogen-bond donors (Lipinski definition) is 1. The van der Waals surface area contributed by atoms with Crippen LogP contribution in [0.1, 0.15) is 15.9 Å². The molecule has 0 saturated heterocycles. The van der Waals surface area contributed by atoms with Crippen molar-refractivity contribution in [2.75, 3.05) is 0 Å². The molecular weight excluding hydrogens is 296 g/mol. The molecule has 5 heteroatoms. The van der Waals surface area contributed by atoms with Gasteiger partial charge in [0.05, 0.1) is 5.02 Å². The van der Waals surface area contributed by atoms with Gasteiger partial charge in [0.15, 0.2) is 5.78 Å². The Bertz CT molecular complexity index is 841. The van der Waals surface area contributed by atoms with Crippen LogP contribution >= 0.6 is 11.6 Å². The Morgan fingerprint density at radius 1 is 1.19 bits per heavy atom. The number of hydrogen-bond acceptors (Lipinski definition) is 1. The first-order chi connectivity index (χ1) is 10.1. The van der Waals surface area contributed by atoms with Crippen LogP contribution in [-0.2, 0) is 6.42 Å². The number of carbonyl (C=O) groups excluding carboxylic acids is 1. The molecule has 0 radical (unpaired) electrons. The van der Waals surface area contributed by atoms with E-state index in [0.717, 1.165) is 17.6 Å². The number of fused-ring (bicyclic) bond motifs is 1. The molecule has 0 bridgehead atoms. The molecule has 0 aliphatic carbocycles. The molecule has 0 spiro atoms. The summed E-state index contributed by atoms with van der Waals surface area (Å²) in [6, 6.07) is 8.44. The van der Waals surface area contributed by atoms with Crippen LogP contribution in [0.4, 0.5) is 8.78 Å². The second-order valence-corrected chi connectivity index (χ2v) is 5.11. The molecule has 1 heterocycles. The zero-order chi connectivity index (χ0) is 15.0. The standard InChI is InChI=1S/C16H10ClF2NO/c17-12-2-1-3-14-16(12)11(8-20-14)15(21)6-9-4-5-10(18)7-13(9)19/h1-5,7-8,20H,6H2. The minimum atomic E-state index is -0.728. The van der Waals surface area contributed by atoms with Gasteiger partial charge in [-0.3, -0.25) is 4.79 Å². The van der Waals surface area contributed by atoms with Gasteiger partial charge in [-0.1, -0.05) is 23.7 Å². The predicted molar refractivity (Wildman–Crippen MR) is 77.7 cm³/mol. The summed E-state index contributed by atoms with van der Waals surface area (Å²) in [4.78, 5) is 15.3. The van der Waals surface area contributed by atoms with Gasteiger partial charge in [0, 0.05) is 35.2 Å². The lowest BCUT2D eigenvalue weighted by atomic mass is 10.0. The zero-order valence-electron chi connectivity index (χ0n) is 10.8. The van der Waals surface area contributed by atoms with E-state index in [1.807, 2.05) is 0 Å². The molecule has 1 N–H and O–H groups in total. The van der Waals surface area contributed by atoms with Gasteiger partial charge in [-0.25, -0.2) is 8.78 Å². The fourth-order valence-corrected chi connectivity index (χ4v) is 2.57. The third-order valence-corrected chi connectivity index (χ3v) is 3.64. The Morgan fingerprint density at radius 3 is 2.76 bits per heavy atom. The number of nitrogens with one attached hydrogen (secondary N) is 1. The maximum atomic E-state index is 13.6. The Morgan fingerprint density at radius 2 is 2.00 bits per heavy atom. The van der Waals surface area contributed by atoms with E-state index < -0.39 is 11.6 Å². The van der Waals surface area contributed by atoms with Gasteiger partial charge in [0.1, 0.15) is 11.6 Å². The molecule has 2 nitrogen and oxygen atoms in total. The summed E-state index contributed by atoms with van der Waals surface area (Å²) in [5, 5.41) is 1.07. The Kier molecular flexibility index (Phi) is 3.47. The normalized spacial score (nSPS) is 11.0. The van der Waals surface area contributed by atoms with Gasteiger partial charge in [-0.05, 0) is 23.8 Å². The number of ketones is 1. The van der Waals surface area contributed by atoms with Crippen molar-refractivity contribution in [2.24, 2.45) is 0 Å². The largest absolute Gasteiger partial charge is 0.360 e. The van der Waals surface area contributed by atoms with E-state index in [1.54, 1.807) is 24.4 Å². The van der Waals surface area contributed by atoms with Crippen molar-refractivity contribution in [1.82, 2.24) is 4.98 Å². The van der Waals surface area contributed by atoms with Crippen molar-refractivity contribution in [3.05, 3.63) is 70.4 Å². The molecule has 0 saturated carbocycles. The maximum Gasteiger partial charge on any atom is 0.169 e. The highest BCUT2D eigenvalue weighted by molar-refractivity contribution is 6.36. The van der Waals surface area contributed by atoms with Crippen LogP contribution in [0.15, 0.2) is 42.6 Å². The lowest BCUT2D eigenvalue weighted by molar-refractivity contribution is 0.0993. The number of benzene rings is 2. The summed E-state index contributed by atoms with van der Waals surface area (Å²) < 4.78 is 26.5. The number of aromatic nitrogens is 1. The van der Waals surface area contributed by atoms with Crippen molar-refractivity contribution in [1.29, 1.82) is 0 Å². The van der Waals surface area contributed by atoms with Crippen molar-refractivity contribution in [3.8, 4) is 0 Å². The molecule has 3 rings (SSSR count). The summed E-state index contributed by atoms with van der Waals surface area (Å²) in [7, 11) is 0. The Balaban J connectivity index is 1.98. The minimum Gasteiger partial charge on any atom is -0.360 e. The summed E-state index contributed by atoms with van der Waals surface area (Å²) in [6.07, 6.45) is 1.41. The van der Waals surface area contributed by atoms with Gasteiger partial charge < -0.3 is 4.98 Å². The molecule has 0 amide bonds.